The van der Waals surface area contributed by atoms with Crippen molar-refractivity contribution in [2.75, 3.05) is 13.7 Å². The zero-order chi connectivity index (χ0) is 19.3. The summed E-state index contributed by atoms with van der Waals surface area (Å²) in [6.45, 7) is 4.95. The van der Waals surface area contributed by atoms with Crippen LogP contribution in [0.2, 0.25) is 0 Å². The standard InChI is InChI=1S/C23H45NO2/c1-4-6-7-8-9-10-11-12-13-14-15-16-17-18-19-20-23(25)24-22(5-2)21-26-3/h12-13,22H,4-11,14-21H2,1-3H3,(H,24,25)/b13-12-. The van der Waals surface area contributed by atoms with E-state index in [0.717, 1.165) is 19.3 Å². The fourth-order valence-corrected chi connectivity index (χ4v) is 3.12. The molecule has 0 saturated heterocycles. The summed E-state index contributed by atoms with van der Waals surface area (Å²) >= 11 is 0. The van der Waals surface area contributed by atoms with Crippen molar-refractivity contribution in [1.82, 2.24) is 5.32 Å². The lowest BCUT2D eigenvalue weighted by Gasteiger charge is -2.15. The maximum atomic E-state index is 11.8. The summed E-state index contributed by atoms with van der Waals surface area (Å²) in [5.74, 6) is 0.173. The molecule has 1 N–H and O–H groups in total. The van der Waals surface area contributed by atoms with Crippen molar-refractivity contribution in [2.24, 2.45) is 0 Å². The maximum absolute atomic E-state index is 11.8. The molecule has 0 bridgehead atoms. The summed E-state index contributed by atoms with van der Waals surface area (Å²) in [7, 11) is 1.68. The number of carbonyl (C=O) groups excluding carboxylic acids is 1. The lowest BCUT2D eigenvalue weighted by molar-refractivity contribution is -0.122. The van der Waals surface area contributed by atoms with E-state index in [1.165, 1.54) is 70.6 Å². The Bertz CT molecular complexity index is 328. The zero-order valence-electron chi connectivity index (χ0n) is 17.9. The molecule has 26 heavy (non-hydrogen) atoms. The maximum Gasteiger partial charge on any atom is 0.220 e. The molecule has 0 radical (unpaired) electrons. The number of hydrogen-bond acceptors (Lipinski definition) is 2. The third-order valence-electron chi connectivity index (χ3n) is 4.89. The van der Waals surface area contributed by atoms with Crippen LogP contribution in [-0.4, -0.2) is 25.7 Å². The number of ether oxygens (including phenoxy) is 1. The molecule has 0 aliphatic heterocycles. The van der Waals surface area contributed by atoms with Gasteiger partial charge in [0, 0.05) is 13.5 Å². The van der Waals surface area contributed by atoms with Crippen molar-refractivity contribution in [2.45, 2.75) is 116 Å². The van der Waals surface area contributed by atoms with E-state index in [-0.39, 0.29) is 11.9 Å². The van der Waals surface area contributed by atoms with E-state index in [9.17, 15) is 4.79 Å². The van der Waals surface area contributed by atoms with E-state index >= 15 is 0 Å². The average molecular weight is 368 g/mol. The molecule has 1 unspecified atom stereocenters. The third-order valence-corrected chi connectivity index (χ3v) is 4.89. The quantitative estimate of drug-likeness (QED) is 0.207. The molecule has 0 aromatic heterocycles. The van der Waals surface area contributed by atoms with E-state index in [4.69, 9.17) is 4.74 Å². The van der Waals surface area contributed by atoms with Gasteiger partial charge < -0.3 is 10.1 Å². The van der Waals surface area contributed by atoms with Crippen molar-refractivity contribution in [3.05, 3.63) is 12.2 Å². The van der Waals surface area contributed by atoms with Crippen molar-refractivity contribution < 1.29 is 9.53 Å². The van der Waals surface area contributed by atoms with Crippen LogP contribution in [0.4, 0.5) is 0 Å². The Kier molecular flexibility index (Phi) is 19.8. The molecule has 0 aliphatic carbocycles. The van der Waals surface area contributed by atoms with Crippen LogP contribution in [0.1, 0.15) is 110 Å². The molecule has 154 valence electrons. The second-order valence-electron chi connectivity index (χ2n) is 7.46. The average Bonchev–Trinajstić information content (AvgIpc) is 2.64. The Hall–Kier alpha value is -0.830. The number of hydrogen-bond donors (Lipinski definition) is 1. The van der Waals surface area contributed by atoms with Crippen LogP contribution in [0.5, 0.6) is 0 Å². The molecule has 1 atom stereocenters. The van der Waals surface area contributed by atoms with Gasteiger partial charge in [-0.05, 0) is 38.5 Å². The van der Waals surface area contributed by atoms with Crippen molar-refractivity contribution in [3.63, 3.8) is 0 Å². The number of allylic oxidation sites excluding steroid dienone is 2. The minimum atomic E-state index is 0.163. The van der Waals surface area contributed by atoms with Gasteiger partial charge in [0.1, 0.15) is 0 Å². The molecular formula is C23H45NO2. The second-order valence-corrected chi connectivity index (χ2v) is 7.46. The van der Waals surface area contributed by atoms with Crippen LogP contribution in [0, 0.1) is 0 Å². The topological polar surface area (TPSA) is 38.3 Å². The van der Waals surface area contributed by atoms with Crippen molar-refractivity contribution in [3.8, 4) is 0 Å². The van der Waals surface area contributed by atoms with Crippen LogP contribution in [0.15, 0.2) is 12.2 Å². The van der Waals surface area contributed by atoms with E-state index in [0.29, 0.717) is 13.0 Å². The highest BCUT2D eigenvalue weighted by atomic mass is 16.5. The number of unbranched alkanes of at least 4 members (excludes halogenated alkanes) is 11. The normalized spacial score (nSPS) is 12.6. The van der Waals surface area contributed by atoms with E-state index in [1.807, 2.05) is 0 Å². The molecule has 0 aromatic rings. The first-order valence-corrected chi connectivity index (χ1v) is 11.2. The third kappa shape index (κ3) is 18.0. The van der Waals surface area contributed by atoms with Gasteiger partial charge in [-0.1, -0.05) is 77.4 Å². The minimum Gasteiger partial charge on any atom is -0.383 e. The summed E-state index contributed by atoms with van der Waals surface area (Å²) in [6, 6.07) is 0.163. The van der Waals surface area contributed by atoms with E-state index < -0.39 is 0 Å². The molecule has 0 heterocycles. The molecule has 0 fully saturated rings. The number of nitrogens with one attached hydrogen (secondary N) is 1. The van der Waals surface area contributed by atoms with Crippen LogP contribution in [0.3, 0.4) is 0 Å². The largest absolute Gasteiger partial charge is 0.383 e. The van der Waals surface area contributed by atoms with Gasteiger partial charge in [0.25, 0.3) is 0 Å². The Balaban J connectivity index is 3.32. The lowest BCUT2D eigenvalue weighted by Crippen LogP contribution is -2.37. The minimum absolute atomic E-state index is 0.163. The van der Waals surface area contributed by atoms with Gasteiger partial charge in [-0.25, -0.2) is 0 Å². The molecule has 0 saturated carbocycles. The number of rotatable bonds is 19. The first-order chi connectivity index (χ1) is 12.7. The van der Waals surface area contributed by atoms with Gasteiger partial charge in [0.05, 0.1) is 12.6 Å². The van der Waals surface area contributed by atoms with E-state index in [2.05, 4.69) is 31.3 Å². The van der Waals surface area contributed by atoms with Crippen LogP contribution in [-0.2, 0) is 9.53 Å². The molecule has 1 amide bonds. The summed E-state index contributed by atoms with van der Waals surface area (Å²) < 4.78 is 5.11. The monoisotopic (exact) mass is 367 g/mol. The highest BCUT2D eigenvalue weighted by Crippen LogP contribution is 2.10. The molecule has 0 aliphatic rings. The van der Waals surface area contributed by atoms with Crippen molar-refractivity contribution in [1.29, 1.82) is 0 Å². The highest BCUT2D eigenvalue weighted by Gasteiger charge is 2.09. The summed E-state index contributed by atoms with van der Waals surface area (Å²) in [6.07, 6.45) is 23.0. The van der Waals surface area contributed by atoms with Gasteiger partial charge >= 0.3 is 0 Å². The predicted octanol–water partition coefficient (Wildman–Crippen LogP) is 6.57. The molecule has 0 aromatic carbocycles. The highest BCUT2D eigenvalue weighted by molar-refractivity contribution is 5.76. The number of carbonyl (C=O) groups is 1. The van der Waals surface area contributed by atoms with E-state index in [1.54, 1.807) is 7.11 Å². The Labute approximate surface area is 163 Å². The van der Waals surface area contributed by atoms with Crippen molar-refractivity contribution >= 4 is 5.91 Å². The zero-order valence-corrected chi connectivity index (χ0v) is 17.9. The smallest absolute Gasteiger partial charge is 0.220 e. The molecule has 3 heteroatoms. The Morgan fingerprint density at radius 2 is 1.38 bits per heavy atom. The van der Waals surface area contributed by atoms with Gasteiger partial charge in [-0.2, -0.15) is 0 Å². The Morgan fingerprint density at radius 1 is 0.846 bits per heavy atom. The summed E-state index contributed by atoms with van der Waals surface area (Å²) in [5, 5.41) is 3.04. The van der Waals surface area contributed by atoms with Gasteiger partial charge in [-0.3, -0.25) is 4.79 Å². The number of amides is 1. The molecule has 0 spiro atoms. The molecule has 0 rings (SSSR count). The fourth-order valence-electron chi connectivity index (χ4n) is 3.12. The van der Waals surface area contributed by atoms with Crippen LogP contribution >= 0.6 is 0 Å². The SMILES string of the molecule is CCCCCCCC/C=C\CCCCCCCC(=O)NC(CC)COC. The first kappa shape index (κ1) is 25.2. The second kappa shape index (κ2) is 20.5. The van der Waals surface area contributed by atoms with Gasteiger partial charge in [0.2, 0.25) is 5.91 Å². The molecule has 3 nitrogen and oxygen atoms in total. The Morgan fingerprint density at radius 3 is 1.92 bits per heavy atom. The first-order valence-electron chi connectivity index (χ1n) is 11.2. The molecular weight excluding hydrogens is 322 g/mol. The summed E-state index contributed by atoms with van der Waals surface area (Å²) in [4.78, 5) is 11.8. The number of methoxy groups -OCH3 is 1. The predicted molar refractivity (Wildman–Crippen MR) is 114 cm³/mol. The van der Waals surface area contributed by atoms with Crippen LogP contribution < -0.4 is 5.32 Å². The van der Waals surface area contributed by atoms with Gasteiger partial charge in [0.15, 0.2) is 0 Å². The van der Waals surface area contributed by atoms with Gasteiger partial charge in [-0.15, -0.1) is 0 Å². The summed E-state index contributed by atoms with van der Waals surface area (Å²) in [5.41, 5.74) is 0. The lowest BCUT2D eigenvalue weighted by atomic mass is 10.1. The fraction of sp³-hybridized carbons (Fsp3) is 0.870. The van der Waals surface area contributed by atoms with Crippen LogP contribution in [0.25, 0.3) is 0 Å².